The zero-order valence-electron chi connectivity index (χ0n) is 20.7. The van der Waals surface area contributed by atoms with E-state index >= 15 is 0 Å². The van der Waals surface area contributed by atoms with Crippen LogP contribution in [0.2, 0.25) is 0 Å². The molecule has 1 aliphatic carbocycles. The predicted molar refractivity (Wildman–Crippen MR) is 137 cm³/mol. The molecular weight excluding hydrogens is 484 g/mol. The molecule has 0 N–H and O–H groups in total. The van der Waals surface area contributed by atoms with E-state index in [1.165, 1.54) is 23.3 Å². The van der Waals surface area contributed by atoms with E-state index < -0.39 is 23.9 Å². The molecule has 0 aromatic heterocycles. The van der Waals surface area contributed by atoms with Crippen LogP contribution in [0.3, 0.4) is 0 Å². The van der Waals surface area contributed by atoms with Crippen LogP contribution >= 0.6 is 0 Å². The highest BCUT2D eigenvalue weighted by Gasteiger charge is 2.39. The van der Waals surface area contributed by atoms with Gasteiger partial charge in [0, 0.05) is 19.0 Å². The second-order valence-electron chi connectivity index (χ2n) is 9.88. The Morgan fingerprint density at radius 1 is 0.789 bits per heavy atom. The van der Waals surface area contributed by atoms with Crippen molar-refractivity contribution in [1.82, 2.24) is 9.96 Å². The molecule has 3 aliphatic rings. The van der Waals surface area contributed by atoms with Crippen LogP contribution in [0.1, 0.15) is 57.0 Å². The maximum Gasteiger partial charge on any atom is 0.409 e. The van der Waals surface area contributed by atoms with Gasteiger partial charge in [-0.05, 0) is 53.1 Å². The number of hydrogen-bond donors (Lipinski definition) is 0. The highest BCUT2D eigenvalue weighted by atomic mass is 16.7. The lowest BCUT2D eigenvalue weighted by molar-refractivity contribution is -0.170. The number of ether oxygens (including phenoxy) is 1. The molecule has 38 heavy (non-hydrogen) atoms. The van der Waals surface area contributed by atoms with Crippen molar-refractivity contribution in [3.63, 3.8) is 0 Å². The molecule has 192 valence electrons. The van der Waals surface area contributed by atoms with Gasteiger partial charge in [-0.3, -0.25) is 9.59 Å². The number of nitrogens with zero attached hydrogens (tertiary/aromatic N) is 2. The lowest BCUT2D eigenvalue weighted by Gasteiger charge is -2.32. The van der Waals surface area contributed by atoms with Gasteiger partial charge in [-0.15, -0.1) is 0 Å². The minimum Gasteiger partial charge on any atom is -0.448 e. The van der Waals surface area contributed by atoms with Crippen molar-refractivity contribution in [2.75, 3.05) is 19.7 Å². The van der Waals surface area contributed by atoms with E-state index in [2.05, 4.69) is 24.3 Å². The molecule has 0 spiro atoms. The van der Waals surface area contributed by atoms with Crippen molar-refractivity contribution in [3.05, 3.63) is 95.1 Å². The van der Waals surface area contributed by atoms with Crippen molar-refractivity contribution >= 4 is 23.9 Å². The van der Waals surface area contributed by atoms with Gasteiger partial charge >= 0.3 is 12.1 Å². The number of amides is 3. The Kier molecular flexibility index (Phi) is 6.15. The number of hydroxylamine groups is 2. The average Bonchev–Trinajstić information content (AvgIpc) is 3.39. The summed E-state index contributed by atoms with van der Waals surface area (Å²) < 4.78 is 5.78. The summed E-state index contributed by atoms with van der Waals surface area (Å²) in [5, 5.41) is 0.527. The number of carbonyl (C=O) groups is 4. The van der Waals surface area contributed by atoms with Gasteiger partial charge in [0.25, 0.3) is 11.8 Å². The molecule has 0 saturated carbocycles. The number of piperidine rings is 1. The fourth-order valence-electron chi connectivity index (χ4n) is 5.71. The van der Waals surface area contributed by atoms with Gasteiger partial charge in [0.05, 0.1) is 17.5 Å². The van der Waals surface area contributed by atoms with Gasteiger partial charge < -0.3 is 14.5 Å². The molecule has 2 heterocycles. The van der Waals surface area contributed by atoms with E-state index in [-0.39, 0.29) is 36.0 Å². The molecule has 1 unspecified atom stereocenters. The third-order valence-electron chi connectivity index (χ3n) is 7.52. The first-order valence-electron chi connectivity index (χ1n) is 12.8. The molecule has 8 nitrogen and oxygen atoms in total. The third kappa shape index (κ3) is 4.22. The number of carbonyl (C=O) groups excluding carboxylic acids is 4. The Morgan fingerprint density at radius 2 is 1.34 bits per heavy atom. The molecule has 0 bridgehead atoms. The lowest BCUT2D eigenvalue weighted by Crippen LogP contribution is -2.42. The molecule has 1 atom stereocenters. The normalized spacial score (nSPS) is 18.2. The Bertz CT molecular complexity index is 1370. The predicted octanol–water partition coefficient (Wildman–Crippen LogP) is 4.79. The SMILES string of the molecule is O=C(CC1CCCN(C(=O)OCC2c3ccccc3-c3ccccc32)C1)ON1C(=O)c2ccccc2C1=O. The van der Waals surface area contributed by atoms with E-state index in [1.54, 1.807) is 17.0 Å². The van der Waals surface area contributed by atoms with Crippen LogP contribution in [-0.2, 0) is 14.4 Å². The summed E-state index contributed by atoms with van der Waals surface area (Å²) in [5.41, 5.74) is 5.05. The minimum atomic E-state index is -0.682. The molecular formula is C30H26N2O6. The van der Waals surface area contributed by atoms with Crippen molar-refractivity contribution < 1.29 is 28.8 Å². The van der Waals surface area contributed by atoms with Gasteiger partial charge in [0.1, 0.15) is 6.61 Å². The molecule has 3 amide bonds. The van der Waals surface area contributed by atoms with Crippen LogP contribution in [0, 0.1) is 5.92 Å². The lowest BCUT2D eigenvalue weighted by atomic mass is 9.95. The summed E-state index contributed by atoms with van der Waals surface area (Å²) in [5.74, 6) is -2.17. The number of likely N-dealkylation sites (tertiary alicyclic amines) is 1. The van der Waals surface area contributed by atoms with Gasteiger partial charge in [-0.2, -0.15) is 0 Å². The summed E-state index contributed by atoms with van der Waals surface area (Å²) >= 11 is 0. The molecule has 8 heteroatoms. The van der Waals surface area contributed by atoms with Crippen molar-refractivity contribution in [2.24, 2.45) is 5.92 Å². The number of hydrogen-bond acceptors (Lipinski definition) is 6. The first-order chi connectivity index (χ1) is 18.5. The van der Waals surface area contributed by atoms with Crippen molar-refractivity contribution in [2.45, 2.75) is 25.2 Å². The highest BCUT2D eigenvalue weighted by Crippen LogP contribution is 2.44. The molecule has 2 aliphatic heterocycles. The monoisotopic (exact) mass is 510 g/mol. The smallest absolute Gasteiger partial charge is 0.409 e. The van der Waals surface area contributed by atoms with Gasteiger partial charge in [-0.1, -0.05) is 65.7 Å². The Hall–Kier alpha value is -4.46. The van der Waals surface area contributed by atoms with Crippen LogP contribution in [0.4, 0.5) is 4.79 Å². The van der Waals surface area contributed by atoms with E-state index in [1.807, 2.05) is 24.3 Å². The van der Waals surface area contributed by atoms with E-state index in [4.69, 9.17) is 9.57 Å². The number of imide groups is 1. The fourth-order valence-corrected chi connectivity index (χ4v) is 5.71. The first-order valence-corrected chi connectivity index (χ1v) is 12.8. The molecule has 1 saturated heterocycles. The summed E-state index contributed by atoms with van der Waals surface area (Å²) in [7, 11) is 0. The number of fused-ring (bicyclic) bond motifs is 4. The second-order valence-corrected chi connectivity index (χ2v) is 9.88. The van der Waals surface area contributed by atoms with Crippen LogP contribution in [0.25, 0.3) is 11.1 Å². The molecule has 1 fully saturated rings. The summed E-state index contributed by atoms with van der Waals surface area (Å²) in [6.07, 6.45) is 1.02. The first kappa shape index (κ1) is 23.9. The van der Waals surface area contributed by atoms with Crippen LogP contribution in [-0.4, -0.2) is 53.5 Å². The molecule has 6 rings (SSSR count). The van der Waals surface area contributed by atoms with E-state index in [0.717, 1.165) is 24.0 Å². The zero-order chi connectivity index (χ0) is 26.2. The van der Waals surface area contributed by atoms with Crippen LogP contribution in [0.5, 0.6) is 0 Å². The summed E-state index contributed by atoms with van der Waals surface area (Å²) in [4.78, 5) is 57.3. The standard InChI is InChI=1S/C30H26N2O6/c33-27(38-32-28(34)24-13-5-6-14-25(24)29(32)35)16-19-8-7-15-31(17-19)30(36)37-18-26-22-11-3-1-9-20(22)21-10-2-4-12-23(21)26/h1-6,9-14,19,26H,7-8,15-18H2. The van der Waals surface area contributed by atoms with Crippen molar-refractivity contribution in [3.8, 4) is 11.1 Å². The summed E-state index contributed by atoms with van der Waals surface area (Å²) in [6, 6.07) is 22.7. The highest BCUT2D eigenvalue weighted by molar-refractivity contribution is 6.20. The Morgan fingerprint density at radius 3 is 1.95 bits per heavy atom. The zero-order valence-corrected chi connectivity index (χ0v) is 20.7. The maximum absolute atomic E-state index is 13.0. The van der Waals surface area contributed by atoms with Gasteiger partial charge in [0.2, 0.25) is 0 Å². The fraction of sp³-hybridized carbons (Fsp3) is 0.267. The van der Waals surface area contributed by atoms with E-state index in [9.17, 15) is 19.2 Å². The van der Waals surface area contributed by atoms with Gasteiger partial charge in [0.15, 0.2) is 0 Å². The van der Waals surface area contributed by atoms with E-state index in [0.29, 0.717) is 18.2 Å². The largest absolute Gasteiger partial charge is 0.448 e. The van der Waals surface area contributed by atoms with Crippen LogP contribution < -0.4 is 0 Å². The van der Waals surface area contributed by atoms with Gasteiger partial charge in [-0.25, -0.2) is 9.59 Å². The Balaban J connectivity index is 1.05. The molecule has 3 aromatic rings. The van der Waals surface area contributed by atoms with Crippen LogP contribution in [0.15, 0.2) is 72.8 Å². The quantitative estimate of drug-likeness (QED) is 0.458. The van der Waals surface area contributed by atoms with Crippen molar-refractivity contribution in [1.29, 1.82) is 0 Å². The second kappa shape index (κ2) is 9.78. The third-order valence-corrected chi connectivity index (χ3v) is 7.52. The topological polar surface area (TPSA) is 93.2 Å². The Labute approximate surface area is 219 Å². The number of rotatable bonds is 5. The minimum absolute atomic E-state index is 0.0133. The molecule has 0 radical (unpaired) electrons. The number of benzene rings is 3. The maximum atomic E-state index is 13.0. The average molecular weight is 511 g/mol. The summed E-state index contributed by atoms with van der Waals surface area (Å²) in [6.45, 7) is 1.12. The molecule has 3 aromatic carbocycles.